The summed E-state index contributed by atoms with van der Waals surface area (Å²) in [6.07, 6.45) is -1.87. The Morgan fingerprint density at radius 3 is 2.62 bits per heavy atom. The maximum atomic E-state index is 12.9. The van der Waals surface area contributed by atoms with Crippen LogP contribution in [0.2, 0.25) is 5.02 Å². The highest BCUT2D eigenvalue weighted by atomic mass is 35.5. The Kier molecular flexibility index (Phi) is 3.66. The van der Waals surface area contributed by atoms with Gasteiger partial charge in [0.05, 0.1) is 16.7 Å². The average molecular weight is 380 g/mol. The van der Waals surface area contributed by atoms with Gasteiger partial charge in [-0.05, 0) is 30.3 Å². The van der Waals surface area contributed by atoms with Crippen molar-refractivity contribution < 1.29 is 17.9 Å². The number of fused-ring (bicyclic) bond motifs is 3. The fraction of sp³-hybridized carbons (Fsp3) is 0.0588. The highest BCUT2D eigenvalue weighted by molar-refractivity contribution is 6.31. The fourth-order valence-electron chi connectivity index (χ4n) is 2.84. The van der Waals surface area contributed by atoms with E-state index in [9.17, 15) is 18.0 Å². The first-order chi connectivity index (χ1) is 12.3. The van der Waals surface area contributed by atoms with E-state index in [-0.39, 0.29) is 11.3 Å². The van der Waals surface area contributed by atoms with Gasteiger partial charge in [0.1, 0.15) is 0 Å². The molecule has 5 nitrogen and oxygen atoms in total. The molecule has 0 atom stereocenters. The second-order valence-corrected chi connectivity index (χ2v) is 5.85. The molecule has 0 saturated heterocycles. The second kappa shape index (κ2) is 5.77. The van der Waals surface area contributed by atoms with Gasteiger partial charge in [0, 0.05) is 17.4 Å². The van der Waals surface area contributed by atoms with Crippen LogP contribution in [0.4, 0.5) is 13.2 Å². The molecule has 0 fully saturated rings. The monoisotopic (exact) mass is 379 g/mol. The minimum Gasteiger partial charge on any atom is -0.404 e. The van der Waals surface area contributed by atoms with E-state index in [1.54, 1.807) is 22.7 Å². The third-order valence-electron chi connectivity index (χ3n) is 3.80. The lowest BCUT2D eigenvalue weighted by Gasteiger charge is -2.17. The summed E-state index contributed by atoms with van der Waals surface area (Å²) in [6, 6.07) is 10.2. The Morgan fingerprint density at radius 2 is 1.85 bits per heavy atom. The van der Waals surface area contributed by atoms with Gasteiger partial charge in [-0.25, -0.2) is 4.98 Å². The van der Waals surface area contributed by atoms with Gasteiger partial charge >= 0.3 is 6.36 Å². The Morgan fingerprint density at radius 1 is 1.08 bits per heavy atom. The van der Waals surface area contributed by atoms with Gasteiger partial charge in [0.2, 0.25) is 5.65 Å². The van der Waals surface area contributed by atoms with Crippen molar-refractivity contribution in [2.45, 2.75) is 6.36 Å². The molecule has 0 spiro atoms. The van der Waals surface area contributed by atoms with E-state index in [1.807, 2.05) is 0 Å². The van der Waals surface area contributed by atoms with Gasteiger partial charge in [-0.2, -0.15) is 0 Å². The van der Waals surface area contributed by atoms with E-state index >= 15 is 0 Å². The summed E-state index contributed by atoms with van der Waals surface area (Å²) in [5, 5.41) is 0.333. The number of alkyl halides is 3. The minimum atomic E-state index is -4.90. The summed E-state index contributed by atoms with van der Waals surface area (Å²) >= 11 is 6.05. The molecular weight excluding hydrogens is 371 g/mol. The molecule has 0 bridgehead atoms. The smallest absolute Gasteiger partial charge is 0.404 e. The molecule has 132 valence electrons. The largest absolute Gasteiger partial charge is 0.573 e. The standard InChI is InChI=1S/C17H9ClF3N3O2/c18-10-5-6-11-13(9-10)24(16(25)15-22-7-8-23(11)15)12-3-1-2-4-14(12)26-17(19,20)21/h1-9H. The summed E-state index contributed by atoms with van der Waals surface area (Å²) in [5.74, 6) is -0.501. The molecule has 0 aliphatic heterocycles. The molecule has 0 amide bonds. The summed E-state index contributed by atoms with van der Waals surface area (Å²) in [5.41, 5.74) is 0.298. The lowest BCUT2D eigenvalue weighted by Crippen LogP contribution is -2.24. The van der Waals surface area contributed by atoms with Crippen molar-refractivity contribution in [3.8, 4) is 11.4 Å². The maximum Gasteiger partial charge on any atom is 0.573 e. The Balaban J connectivity index is 2.13. The third-order valence-corrected chi connectivity index (χ3v) is 4.04. The molecule has 0 N–H and O–H groups in total. The molecule has 0 unspecified atom stereocenters. The number of aromatic nitrogens is 3. The highest BCUT2D eigenvalue weighted by Crippen LogP contribution is 2.30. The maximum absolute atomic E-state index is 12.9. The molecule has 4 aromatic rings. The lowest BCUT2D eigenvalue weighted by molar-refractivity contribution is -0.274. The number of hydrogen-bond acceptors (Lipinski definition) is 3. The Hall–Kier alpha value is -3.00. The number of halogens is 4. The van der Waals surface area contributed by atoms with E-state index < -0.39 is 17.7 Å². The van der Waals surface area contributed by atoms with Gasteiger partial charge in [-0.15, -0.1) is 13.2 Å². The zero-order chi connectivity index (χ0) is 18.5. The topological polar surface area (TPSA) is 48.5 Å². The molecule has 26 heavy (non-hydrogen) atoms. The van der Waals surface area contributed by atoms with Crippen LogP contribution in [-0.2, 0) is 0 Å². The first-order valence-electron chi connectivity index (χ1n) is 7.38. The van der Waals surface area contributed by atoms with Crippen LogP contribution in [0.1, 0.15) is 0 Å². The predicted octanol–water partition coefficient (Wildman–Crippen LogP) is 4.19. The Bertz CT molecular complexity index is 1200. The highest BCUT2D eigenvalue weighted by Gasteiger charge is 2.32. The van der Waals surface area contributed by atoms with E-state index in [0.29, 0.717) is 16.1 Å². The molecule has 2 heterocycles. The van der Waals surface area contributed by atoms with Crippen LogP contribution in [-0.4, -0.2) is 20.3 Å². The van der Waals surface area contributed by atoms with Gasteiger partial charge < -0.3 is 4.74 Å². The van der Waals surface area contributed by atoms with Gasteiger partial charge in [0.15, 0.2) is 5.75 Å². The van der Waals surface area contributed by atoms with E-state index in [2.05, 4.69) is 9.72 Å². The molecule has 0 aliphatic rings. The quantitative estimate of drug-likeness (QED) is 0.524. The predicted molar refractivity (Wildman–Crippen MR) is 90.0 cm³/mol. The van der Waals surface area contributed by atoms with Crippen molar-refractivity contribution in [2.75, 3.05) is 0 Å². The molecule has 2 aromatic heterocycles. The summed E-state index contributed by atoms with van der Waals surface area (Å²) < 4.78 is 45.1. The number of imidazole rings is 1. The summed E-state index contributed by atoms with van der Waals surface area (Å²) in [7, 11) is 0. The number of nitrogens with zero attached hydrogens (tertiary/aromatic N) is 3. The first kappa shape index (κ1) is 16.5. The van der Waals surface area contributed by atoms with Crippen molar-refractivity contribution in [3.63, 3.8) is 0 Å². The molecule has 0 aliphatic carbocycles. The third kappa shape index (κ3) is 2.68. The normalized spacial score (nSPS) is 12.0. The zero-order valence-corrected chi connectivity index (χ0v) is 13.6. The molecule has 0 saturated carbocycles. The van der Waals surface area contributed by atoms with Crippen LogP contribution in [0, 0.1) is 0 Å². The van der Waals surface area contributed by atoms with Crippen LogP contribution in [0.15, 0.2) is 59.7 Å². The van der Waals surface area contributed by atoms with Crippen molar-refractivity contribution in [3.05, 3.63) is 70.2 Å². The van der Waals surface area contributed by atoms with E-state index in [4.69, 9.17) is 11.6 Å². The van der Waals surface area contributed by atoms with Gasteiger partial charge in [0.25, 0.3) is 5.56 Å². The van der Waals surface area contributed by atoms with Crippen LogP contribution >= 0.6 is 11.6 Å². The van der Waals surface area contributed by atoms with Crippen molar-refractivity contribution in [2.24, 2.45) is 0 Å². The molecule has 4 rings (SSSR count). The average Bonchev–Trinajstić information content (AvgIpc) is 3.05. The number of rotatable bonds is 2. The lowest BCUT2D eigenvalue weighted by atomic mass is 10.2. The fourth-order valence-corrected chi connectivity index (χ4v) is 3.00. The van der Waals surface area contributed by atoms with E-state index in [0.717, 1.165) is 10.6 Å². The molecule has 0 radical (unpaired) electrons. The summed E-state index contributed by atoms with van der Waals surface area (Å²) in [6.45, 7) is 0. The van der Waals surface area contributed by atoms with Crippen molar-refractivity contribution >= 4 is 28.3 Å². The summed E-state index contributed by atoms with van der Waals surface area (Å²) in [4.78, 5) is 16.9. The number of para-hydroxylation sites is 2. The van der Waals surface area contributed by atoms with Crippen LogP contribution in [0.3, 0.4) is 0 Å². The van der Waals surface area contributed by atoms with Crippen molar-refractivity contribution in [1.29, 1.82) is 0 Å². The van der Waals surface area contributed by atoms with Crippen LogP contribution in [0.25, 0.3) is 22.4 Å². The number of benzene rings is 2. The zero-order valence-electron chi connectivity index (χ0n) is 12.9. The molecule has 9 heteroatoms. The number of hydrogen-bond donors (Lipinski definition) is 0. The van der Waals surface area contributed by atoms with E-state index in [1.165, 1.54) is 30.5 Å². The van der Waals surface area contributed by atoms with Crippen LogP contribution < -0.4 is 10.3 Å². The molecular formula is C17H9ClF3N3O2. The van der Waals surface area contributed by atoms with Crippen molar-refractivity contribution in [1.82, 2.24) is 14.0 Å². The first-order valence-corrected chi connectivity index (χ1v) is 7.75. The number of ether oxygens (including phenoxy) is 1. The molecule has 2 aromatic carbocycles. The Labute approximate surface area is 148 Å². The SMILES string of the molecule is O=c1c2nccn2c2ccc(Cl)cc2n1-c1ccccc1OC(F)(F)F. The van der Waals surface area contributed by atoms with Gasteiger partial charge in [-0.3, -0.25) is 13.8 Å². The van der Waals surface area contributed by atoms with Crippen LogP contribution in [0.5, 0.6) is 5.75 Å². The minimum absolute atomic E-state index is 0.0624. The van der Waals surface area contributed by atoms with Gasteiger partial charge in [-0.1, -0.05) is 23.7 Å². The second-order valence-electron chi connectivity index (χ2n) is 5.41.